The van der Waals surface area contributed by atoms with Crippen molar-refractivity contribution in [3.63, 3.8) is 0 Å². The summed E-state index contributed by atoms with van der Waals surface area (Å²) < 4.78 is 1.12. The molecule has 1 heterocycles. The van der Waals surface area contributed by atoms with Crippen LogP contribution in [0, 0.1) is 0 Å². The molecule has 3 heteroatoms. The van der Waals surface area contributed by atoms with Gasteiger partial charge in [0, 0.05) is 17.3 Å². The summed E-state index contributed by atoms with van der Waals surface area (Å²) in [5.41, 5.74) is 1.41. The first-order valence-corrected chi connectivity index (χ1v) is 3.23. The predicted molar refractivity (Wildman–Crippen MR) is 39.1 cm³/mol. The lowest BCUT2D eigenvalue weighted by Gasteiger charge is -2.01. The van der Waals surface area contributed by atoms with Crippen LogP contribution in [0.1, 0.15) is 10.4 Å². The zero-order chi connectivity index (χ0) is 7.14. The van der Waals surface area contributed by atoms with E-state index in [4.69, 9.17) is 11.8 Å². The number of anilines is 1. The normalized spacial score (nSPS) is 14.5. The van der Waals surface area contributed by atoms with Crippen molar-refractivity contribution < 1.29 is 4.79 Å². The van der Waals surface area contributed by atoms with Gasteiger partial charge in [-0.3, -0.25) is 4.79 Å². The van der Waals surface area contributed by atoms with E-state index in [0.29, 0.717) is 5.56 Å². The average molecular weight is 154 g/mol. The summed E-state index contributed by atoms with van der Waals surface area (Å²) in [6.07, 6.45) is 0. The fourth-order valence-electron chi connectivity index (χ4n) is 0.992. The first-order valence-electron chi connectivity index (χ1n) is 2.89. The van der Waals surface area contributed by atoms with Crippen molar-refractivity contribution in [3.8, 4) is 0 Å². The number of amides is 1. The maximum atomic E-state index is 11.0. The molecule has 1 aliphatic rings. The number of fused-ring (bicyclic) bond motifs is 2. The minimum atomic E-state index is -0.137. The highest BCUT2D eigenvalue weighted by molar-refractivity contribution is 6.41. The Labute approximate surface area is 63.1 Å². The van der Waals surface area contributed by atoms with Gasteiger partial charge in [0.15, 0.2) is 0 Å². The highest BCUT2D eigenvalue weighted by atomic mass is 35.5. The van der Waals surface area contributed by atoms with Crippen LogP contribution in [0.3, 0.4) is 0 Å². The van der Waals surface area contributed by atoms with Gasteiger partial charge in [0.2, 0.25) is 0 Å². The fraction of sp³-hybridized carbons (Fsp3) is 0. The Balaban J connectivity index is 2.66. The molecule has 1 aromatic carbocycles. The SMILES string of the molecule is O=C1c2cccc(c2)N1Cl. The van der Waals surface area contributed by atoms with E-state index >= 15 is 0 Å². The summed E-state index contributed by atoms with van der Waals surface area (Å²) in [6, 6.07) is 7.11. The number of carbonyl (C=O) groups excluding carboxylic acids is 1. The Morgan fingerprint density at radius 3 is 2.80 bits per heavy atom. The van der Waals surface area contributed by atoms with Crippen LogP contribution in [-0.4, -0.2) is 5.91 Å². The molecule has 2 nitrogen and oxygen atoms in total. The molecule has 0 aliphatic carbocycles. The van der Waals surface area contributed by atoms with Crippen molar-refractivity contribution in [1.82, 2.24) is 0 Å². The summed E-state index contributed by atoms with van der Waals surface area (Å²) in [5.74, 6) is -0.137. The van der Waals surface area contributed by atoms with Crippen LogP contribution in [-0.2, 0) is 0 Å². The molecule has 0 spiro atoms. The van der Waals surface area contributed by atoms with Crippen LogP contribution in [0.4, 0.5) is 5.69 Å². The lowest BCUT2D eigenvalue weighted by molar-refractivity contribution is 0.101. The lowest BCUT2D eigenvalue weighted by atomic mass is 10.2. The van der Waals surface area contributed by atoms with Crippen molar-refractivity contribution in [1.29, 1.82) is 0 Å². The molecular weight excluding hydrogens is 150 g/mol. The molecule has 2 bridgehead atoms. The molecule has 0 aromatic heterocycles. The Kier molecular flexibility index (Phi) is 0.995. The van der Waals surface area contributed by atoms with Gasteiger partial charge < -0.3 is 0 Å². The van der Waals surface area contributed by atoms with E-state index in [1.54, 1.807) is 18.2 Å². The van der Waals surface area contributed by atoms with E-state index in [9.17, 15) is 4.79 Å². The third-order valence-corrected chi connectivity index (χ3v) is 1.85. The number of rotatable bonds is 0. The molecule has 0 fully saturated rings. The first kappa shape index (κ1) is 5.74. The maximum Gasteiger partial charge on any atom is 0.273 e. The van der Waals surface area contributed by atoms with E-state index in [1.165, 1.54) is 0 Å². The van der Waals surface area contributed by atoms with Crippen LogP contribution in [0.2, 0.25) is 0 Å². The van der Waals surface area contributed by atoms with Gasteiger partial charge in [-0.1, -0.05) is 6.07 Å². The van der Waals surface area contributed by atoms with Gasteiger partial charge in [-0.15, -0.1) is 0 Å². The van der Waals surface area contributed by atoms with Crippen molar-refractivity contribution in [2.45, 2.75) is 0 Å². The van der Waals surface area contributed by atoms with Crippen LogP contribution in [0.25, 0.3) is 0 Å². The van der Waals surface area contributed by atoms with E-state index in [-0.39, 0.29) is 5.91 Å². The maximum absolute atomic E-state index is 11.0. The van der Waals surface area contributed by atoms with Crippen LogP contribution in [0.15, 0.2) is 24.3 Å². The highest BCUT2D eigenvalue weighted by Gasteiger charge is 2.22. The van der Waals surface area contributed by atoms with Gasteiger partial charge in [0.1, 0.15) is 0 Å². The summed E-state index contributed by atoms with van der Waals surface area (Å²) in [5, 5.41) is 0. The molecule has 2 rings (SSSR count). The molecule has 0 saturated carbocycles. The number of hydrogen-bond donors (Lipinski definition) is 0. The summed E-state index contributed by atoms with van der Waals surface area (Å²) >= 11 is 5.59. The highest BCUT2D eigenvalue weighted by Crippen LogP contribution is 2.27. The topological polar surface area (TPSA) is 20.3 Å². The van der Waals surface area contributed by atoms with E-state index in [0.717, 1.165) is 10.1 Å². The van der Waals surface area contributed by atoms with Crippen molar-refractivity contribution in [2.24, 2.45) is 0 Å². The van der Waals surface area contributed by atoms with Gasteiger partial charge in [-0.25, -0.2) is 4.42 Å². The molecule has 0 atom stereocenters. The van der Waals surface area contributed by atoms with Crippen LogP contribution in [0.5, 0.6) is 0 Å². The number of carbonyl (C=O) groups is 1. The number of nitrogens with zero attached hydrogens (tertiary/aromatic N) is 1. The molecule has 10 heavy (non-hydrogen) atoms. The van der Waals surface area contributed by atoms with Gasteiger partial charge in [-0.05, 0) is 18.2 Å². The summed E-state index contributed by atoms with van der Waals surface area (Å²) in [4.78, 5) is 11.0. The quantitative estimate of drug-likeness (QED) is 0.521. The molecule has 0 unspecified atom stereocenters. The van der Waals surface area contributed by atoms with Gasteiger partial charge in [0.25, 0.3) is 5.91 Å². The minimum absolute atomic E-state index is 0.137. The Hall–Kier alpha value is -1.02. The molecule has 1 amide bonds. The summed E-state index contributed by atoms with van der Waals surface area (Å²) in [7, 11) is 0. The van der Waals surface area contributed by atoms with E-state index < -0.39 is 0 Å². The zero-order valence-electron chi connectivity index (χ0n) is 5.04. The first-order chi connectivity index (χ1) is 4.79. The van der Waals surface area contributed by atoms with Crippen LogP contribution >= 0.6 is 11.8 Å². The molecule has 0 N–H and O–H groups in total. The Morgan fingerprint density at radius 1 is 1.40 bits per heavy atom. The second-order valence-electron chi connectivity index (χ2n) is 2.14. The van der Waals surface area contributed by atoms with E-state index in [1.807, 2.05) is 6.07 Å². The lowest BCUT2D eigenvalue weighted by Crippen LogP contribution is -2.13. The van der Waals surface area contributed by atoms with Crippen molar-refractivity contribution >= 4 is 23.4 Å². The standard InChI is InChI=1S/C7H4ClNO/c8-9-6-3-1-2-5(4-6)7(9)10/h1-4H. The monoisotopic (exact) mass is 153 g/mol. The molecule has 0 saturated heterocycles. The zero-order valence-corrected chi connectivity index (χ0v) is 5.80. The largest absolute Gasteiger partial charge is 0.273 e. The number of hydrogen-bond acceptors (Lipinski definition) is 1. The molecule has 1 aromatic rings. The second kappa shape index (κ2) is 1.73. The fourth-order valence-corrected chi connectivity index (χ4v) is 1.19. The predicted octanol–water partition coefficient (Wildman–Crippen LogP) is 1.80. The third-order valence-electron chi connectivity index (χ3n) is 1.50. The average Bonchev–Trinajstić information content (AvgIpc) is 2.17. The Bertz CT molecular complexity index is 297. The molecule has 0 radical (unpaired) electrons. The van der Waals surface area contributed by atoms with Crippen molar-refractivity contribution in [2.75, 3.05) is 4.42 Å². The van der Waals surface area contributed by atoms with Crippen LogP contribution < -0.4 is 4.42 Å². The molecular formula is C7H4ClNO. The van der Waals surface area contributed by atoms with E-state index in [2.05, 4.69) is 0 Å². The Morgan fingerprint density at radius 2 is 2.20 bits per heavy atom. The smallest absolute Gasteiger partial charge is 0.267 e. The van der Waals surface area contributed by atoms with Gasteiger partial charge in [0.05, 0.1) is 5.69 Å². The number of halogens is 1. The number of benzene rings is 1. The molecule has 50 valence electrons. The molecule has 1 aliphatic heterocycles. The third kappa shape index (κ3) is 0.567. The minimum Gasteiger partial charge on any atom is -0.267 e. The van der Waals surface area contributed by atoms with Gasteiger partial charge in [-0.2, -0.15) is 0 Å². The van der Waals surface area contributed by atoms with Crippen molar-refractivity contribution in [3.05, 3.63) is 29.8 Å². The second-order valence-corrected chi connectivity index (χ2v) is 2.47. The van der Waals surface area contributed by atoms with Gasteiger partial charge >= 0.3 is 0 Å². The summed E-state index contributed by atoms with van der Waals surface area (Å²) in [6.45, 7) is 0.